The third-order valence-electron chi connectivity index (χ3n) is 2.46. The van der Waals surface area contributed by atoms with Crippen molar-refractivity contribution in [1.29, 1.82) is 0 Å². The predicted molar refractivity (Wildman–Crippen MR) is 71.5 cm³/mol. The molecule has 0 radical (unpaired) electrons. The number of ether oxygens (including phenoxy) is 2. The Kier molecular flexibility index (Phi) is 8.21. The third kappa shape index (κ3) is 6.59. The van der Waals surface area contributed by atoms with Gasteiger partial charge in [0.15, 0.2) is 0 Å². The van der Waals surface area contributed by atoms with Gasteiger partial charge in [-0.3, -0.25) is 4.84 Å². The highest BCUT2D eigenvalue weighted by molar-refractivity contribution is 5.27. The molecule has 0 aliphatic heterocycles. The zero-order chi connectivity index (χ0) is 13.1. The summed E-state index contributed by atoms with van der Waals surface area (Å²) in [5.41, 5.74) is 4.05. The lowest BCUT2D eigenvalue weighted by Crippen LogP contribution is -2.17. The van der Waals surface area contributed by atoms with E-state index < -0.39 is 0 Å². The van der Waals surface area contributed by atoms with E-state index in [0.717, 1.165) is 30.8 Å². The van der Waals surface area contributed by atoms with Crippen LogP contribution in [0.15, 0.2) is 24.3 Å². The van der Waals surface area contributed by atoms with E-state index in [2.05, 4.69) is 12.4 Å². The lowest BCUT2D eigenvalue weighted by Gasteiger charge is -2.08. The first kappa shape index (κ1) is 15.0. The summed E-state index contributed by atoms with van der Waals surface area (Å²) in [6, 6.07) is 8.05. The lowest BCUT2D eigenvalue weighted by atomic mass is 10.2. The average molecular weight is 253 g/mol. The van der Waals surface area contributed by atoms with Gasteiger partial charge in [0.1, 0.15) is 5.75 Å². The Balaban J connectivity index is 2.19. The molecule has 0 atom stereocenters. The first-order chi connectivity index (χ1) is 8.86. The van der Waals surface area contributed by atoms with Crippen molar-refractivity contribution < 1.29 is 14.3 Å². The molecule has 0 aliphatic rings. The van der Waals surface area contributed by atoms with Crippen molar-refractivity contribution in [2.24, 2.45) is 0 Å². The van der Waals surface area contributed by atoms with E-state index in [1.807, 2.05) is 24.3 Å². The molecule has 102 valence electrons. The van der Waals surface area contributed by atoms with Crippen LogP contribution >= 0.6 is 0 Å². The molecule has 0 bridgehead atoms. The fourth-order valence-electron chi connectivity index (χ4n) is 1.37. The number of hydroxylamine groups is 1. The SMILES string of the molecule is CCCCOc1ccc(CNOCCOC)cc1. The monoisotopic (exact) mass is 253 g/mol. The molecule has 0 fully saturated rings. The molecule has 0 amide bonds. The molecule has 18 heavy (non-hydrogen) atoms. The zero-order valence-electron chi connectivity index (χ0n) is 11.3. The minimum atomic E-state index is 0.550. The fourth-order valence-corrected chi connectivity index (χ4v) is 1.37. The smallest absolute Gasteiger partial charge is 0.119 e. The van der Waals surface area contributed by atoms with Gasteiger partial charge >= 0.3 is 0 Å². The maximum Gasteiger partial charge on any atom is 0.119 e. The van der Waals surface area contributed by atoms with Crippen molar-refractivity contribution in [3.05, 3.63) is 29.8 Å². The van der Waals surface area contributed by atoms with Gasteiger partial charge in [0.2, 0.25) is 0 Å². The van der Waals surface area contributed by atoms with Gasteiger partial charge in [-0.25, -0.2) is 0 Å². The Morgan fingerprint density at radius 2 is 1.83 bits per heavy atom. The molecule has 0 spiro atoms. The summed E-state index contributed by atoms with van der Waals surface area (Å²) in [6.07, 6.45) is 2.25. The van der Waals surface area contributed by atoms with Crippen LogP contribution in [0.25, 0.3) is 0 Å². The first-order valence-corrected chi connectivity index (χ1v) is 6.42. The van der Waals surface area contributed by atoms with Gasteiger partial charge in [0.05, 0.1) is 19.8 Å². The van der Waals surface area contributed by atoms with Gasteiger partial charge < -0.3 is 9.47 Å². The molecular weight excluding hydrogens is 230 g/mol. The average Bonchev–Trinajstić information content (AvgIpc) is 2.40. The van der Waals surface area contributed by atoms with Gasteiger partial charge in [0, 0.05) is 13.7 Å². The van der Waals surface area contributed by atoms with Crippen molar-refractivity contribution in [3.8, 4) is 5.75 Å². The molecule has 1 aromatic rings. The van der Waals surface area contributed by atoms with Gasteiger partial charge in [-0.15, -0.1) is 0 Å². The number of nitrogens with one attached hydrogen (secondary N) is 1. The maximum atomic E-state index is 5.59. The van der Waals surface area contributed by atoms with Crippen LogP contribution in [0.3, 0.4) is 0 Å². The van der Waals surface area contributed by atoms with Crippen molar-refractivity contribution in [3.63, 3.8) is 0 Å². The van der Waals surface area contributed by atoms with Gasteiger partial charge in [-0.05, 0) is 24.1 Å². The topological polar surface area (TPSA) is 39.7 Å². The highest BCUT2D eigenvalue weighted by Crippen LogP contribution is 2.12. The summed E-state index contributed by atoms with van der Waals surface area (Å²) in [6.45, 7) is 4.76. The molecule has 0 aromatic heterocycles. The minimum Gasteiger partial charge on any atom is -0.494 e. The molecular formula is C14H23NO3. The van der Waals surface area contributed by atoms with Gasteiger partial charge in [-0.2, -0.15) is 5.48 Å². The molecule has 0 saturated carbocycles. The van der Waals surface area contributed by atoms with Crippen molar-refractivity contribution in [2.75, 3.05) is 26.9 Å². The van der Waals surface area contributed by atoms with Crippen LogP contribution in [0.2, 0.25) is 0 Å². The van der Waals surface area contributed by atoms with E-state index in [9.17, 15) is 0 Å². The maximum absolute atomic E-state index is 5.59. The summed E-state index contributed by atoms with van der Waals surface area (Å²) in [5.74, 6) is 0.924. The molecule has 0 unspecified atom stereocenters. The second kappa shape index (κ2) is 9.88. The van der Waals surface area contributed by atoms with Crippen LogP contribution < -0.4 is 10.2 Å². The number of benzene rings is 1. The molecule has 1 rings (SSSR count). The number of unbranched alkanes of at least 4 members (excludes halogenated alkanes) is 1. The molecule has 0 aliphatic carbocycles. The minimum absolute atomic E-state index is 0.550. The molecule has 4 heteroatoms. The number of methoxy groups -OCH3 is 1. The van der Waals surface area contributed by atoms with Crippen LogP contribution in [-0.2, 0) is 16.1 Å². The number of hydrogen-bond acceptors (Lipinski definition) is 4. The number of rotatable bonds is 10. The van der Waals surface area contributed by atoms with Crippen molar-refractivity contribution in [1.82, 2.24) is 5.48 Å². The summed E-state index contributed by atoms with van der Waals surface area (Å²) in [4.78, 5) is 5.18. The molecule has 0 heterocycles. The molecule has 0 saturated heterocycles. The zero-order valence-corrected chi connectivity index (χ0v) is 11.3. The Hall–Kier alpha value is -1.10. The van der Waals surface area contributed by atoms with E-state index in [4.69, 9.17) is 14.3 Å². The van der Waals surface area contributed by atoms with E-state index in [0.29, 0.717) is 19.8 Å². The molecule has 4 nitrogen and oxygen atoms in total. The standard InChI is InChI=1S/C14H23NO3/c1-3-4-9-17-14-7-5-13(6-8-14)12-15-18-11-10-16-2/h5-8,15H,3-4,9-12H2,1-2H3. The number of hydrogen-bond donors (Lipinski definition) is 1. The summed E-state index contributed by atoms with van der Waals surface area (Å²) in [5, 5.41) is 0. The largest absolute Gasteiger partial charge is 0.494 e. The van der Waals surface area contributed by atoms with E-state index in [1.54, 1.807) is 7.11 Å². The van der Waals surface area contributed by atoms with Crippen molar-refractivity contribution in [2.45, 2.75) is 26.3 Å². The first-order valence-electron chi connectivity index (χ1n) is 6.42. The Morgan fingerprint density at radius 3 is 2.50 bits per heavy atom. The van der Waals surface area contributed by atoms with Gasteiger partial charge in [0.25, 0.3) is 0 Å². The highest BCUT2D eigenvalue weighted by Gasteiger charge is 1.96. The summed E-state index contributed by atoms with van der Waals surface area (Å²) >= 11 is 0. The van der Waals surface area contributed by atoms with E-state index >= 15 is 0 Å². The van der Waals surface area contributed by atoms with Crippen LogP contribution in [0.5, 0.6) is 5.75 Å². The van der Waals surface area contributed by atoms with Crippen LogP contribution in [-0.4, -0.2) is 26.9 Å². The van der Waals surface area contributed by atoms with Crippen molar-refractivity contribution >= 4 is 0 Å². The van der Waals surface area contributed by atoms with Crippen LogP contribution in [0, 0.1) is 0 Å². The van der Waals surface area contributed by atoms with E-state index in [-0.39, 0.29) is 0 Å². The second-order valence-corrected chi connectivity index (χ2v) is 4.01. The highest BCUT2D eigenvalue weighted by atomic mass is 16.7. The molecule has 1 aromatic carbocycles. The Bertz CT molecular complexity index is 300. The summed E-state index contributed by atoms with van der Waals surface area (Å²) in [7, 11) is 1.65. The van der Waals surface area contributed by atoms with Crippen LogP contribution in [0.4, 0.5) is 0 Å². The molecule has 1 N–H and O–H groups in total. The van der Waals surface area contributed by atoms with Crippen LogP contribution in [0.1, 0.15) is 25.3 Å². The third-order valence-corrected chi connectivity index (χ3v) is 2.46. The Labute approximate surface area is 109 Å². The lowest BCUT2D eigenvalue weighted by molar-refractivity contribution is 0.00346. The summed E-state index contributed by atoms with van der Waals surface area (Å²) < 4.78 is 10.5. The Morgan fingerprint density at radius 1 is 1.06 bits per heavy atom. The predicted octanol–water partition coefficient (Wildman–Crippen LogP) is 2.53. The normalized spacial score (nSPS) is 10.6. The van der Waals surface area contributed by atoms with E-state index in [1.165, 1.54) is 0 Å². The van der Waals surface area contributed by atoms with Gasteiger partial charge in [-0.1, -0.05) is 25.5 Å². The quantitative estimate of drug-likeness (QED) is 0.514. The fraction of sp³-hybridized carbons (Fsp3) is 0.571. The second-order valence-electron chi connectivity index (χ2n) is 4.01.